The van der Waals surface area contributed by atoms with Gasteiger partial charge in [0.15, 0.2) is 0 Å². The van der Waals surface area contributed by atoms with Crippen LogP contribution in [0.5, 0.6) is 0 Å². The van der Waals surface area contributed by atoms with Crippen LogP contribution in [0.2, 0.25) is 0 Å². The maximum absolute atomic E-state index is 10.3. The zero-order chi connectivity index (χ0) is 7.56. The Balaban J connectivity index is 2.76. The first-order valence-corrected chi connectivity index (χ1v) is 2.97. The summed E-state index contributed by atoms with van der Waals surface area (Å²) in [5, 5.41) is 8.48. The lowest BCUT2D eigenvalue weighted by molar-refractivity contribution is -0.132. The summed E-state index contributed by atoms with van der Waals surface area (Å²) in [6.07, 6.45) is 4.26. The number of carboxylic acid groups (broad SMARTS) is 1. The van der Waals surface area contributed by atoms with Gasteiger partial charge in [-0.1, -0.05) is 0 Å². The van der Waals surface area contributed by atoms with Crippen LogP contribution in [0.15, 0.2) is 24.0 Å². The number of ether oxygens (including phenoxy) is 1. The summed E-state index contributed by atoms with van der Waals surface area (Å²) in [6.45, 7) is 1.78. The molecule has 1 atom stereocenters. The van der Waals surface area contributed by atoms with Gasteiger partial charge in [0.1, 0.15) is 6.10 Å². The molecule has 1 rings (SSSR count). The third kappa shape index (κ3) is 1.37. The highest BCUT2D eigenvalue weighted by Crippen LogP contribution is 2.08. The smallest absolute Gasteiger partial charge is 0.335 e. The van der Waals surface area contributed by atoms with Crippen molar-refractivity contribution in [1.29, 1.82) is 0 Å². The fourth-order valence-corrected chi connectivity index (χ4v) is 0.727. The van der Waals surface area contributed by atoms with Gasteiger partial charge in [-0.2, -0.15) is 0 Å². The summed E-state index contributed by atoms with van der Waals surface area (Å²) < 4.78 is 4.94. The van der Waals surface area contributed by atoms with Crippen LogP contribution in [0.4, 0.5) is 0 Å². The molecule has 1 heterocycles. The molecule has 0 aromatic carbocycles. The van der Waals surface area contributed by atoms with Crippen LogP contribution in [-0.2, 0) is 9.53 Å². The van der Waals surface area contributed by atoms with Crippen molar-refractivity contribution in [2.24, 2.45) is 0 Å². The number of carbonyl (C=O) groups is 1. The minimum atomic E-state index is -0.911. The molecule has 0 amide bonds. The molecule has 0 fully saturated rings. The van der Waals surface area contributed by atoms with Crippen molar-refractivity contribution in [2.75, 3.05) is 0 Å². The van der Waals surface area contributed by atoms with E-state index in [4.69, 9.17) is 9.84 Å². The zero-order valence-electron chi connectivity index (χ0n) is 5.57. The molecular weight excluding hydrogens is 132 g/mol. The molecule has 0 aromatic rings. The van der Waals surface area contributed by atoms with Crippen molar-refractivity contribution in [3.05, 3.63) is 24.0 Å². The Bertz CT molecular complexity index is 203. The highest BCUT2D eigenvalue weighted by molar-refractivity contribution is 5.89. The van der Waals surface area contributed by atoms with Gasteiger partial charge in [-0.25, -0.2) is 4.79 Å². The topological polar surface area (TPSA) is 46.5 Å². The molecule has 1 unspecified atom stereocenters. The van der Waals surface area contributed by atoms with E-state index < -0.39 is 5.97 Å². The SMILES string of the molecule is CC1C=C(C(=O)O)C=CO1. The standard InChI is InChI=1S/C7H8O3/c1-5-4-6(7(8)9)2-3-10-5/h2-5H,1H3,(H,8,9). The van der Waals surface area contributed by atoms with Crippen LogP contribution < -0.4 is 0 Å². The average molecular weight is 140 g/mol. The molecular formula is C7H8O3. The van der Waals surface area contributed by atoms with E-state index in [1.165, 1.54) is 12.3 Å². The summed E-state index contributed by atoms with van der Waals surface area (Å²) in [4.78, 5) is 10.3. The Labute approximate surface area is 58.6 Å². The Kier molecular flexibility index (Phi) is 1.76. The Hall–Kier alpha value is -1.25. The number of hydrogen-bond acceptors (Lipinski definition) is 2. The fraction of sp³-hybridized carbons (Fsp3) is 0.286. The molecule has 10 heavy (non-hydrogen) atoms. The Morgan fingerprint density at radius 2 is 2.50 bits per heavy atom. The summed E-state index contributed by atoms with van der Waals surface area (Å²) in [5.74, 6) is -0.911. The average Bonchev–Trinajstić information content (AvgIpc) is 1.88. The van der Waals surface area contributed by atoms with Gasteiger partial charge in [0, 0.05) is 0 Å². The van der Waals surface area contributed by atoms with E-state index in [1.807, 2.05) is 0 Å². The van der Waals surface area contributed by atoms with Crippen LogP contribution >= 0.6 is 0 Å². The van der Waals surface area contributed by atoms with Gasteiger partial charge >= 0.3 is 5.97 Å². The lowest BCUT2D eigenvalue weighted by Gasteiger charge is -2.10. The molecule has 0 saturated carbocycles. The molecule has 0 saturated heterocycles. The predicted molar refractivity (Wildman–Crippen MR) is 35.4 cm³/mol. The first kappa shape index (κ1) is 6.86. The minimum Gasteiger partial charge on any atom is -0.494 e. The molecule has 0 bridgehead atoms. The van der Waals surface area contributed by atoms with E-state index in [2.05, 4.69) is 0 Å². The summed E-state index contributed by atoms with van der Waals surface area (Å²) >= 11 is 0. The van der Waals surface area contributed by atoms with Gasteiger partial charge in [0.05, 0.1) is 11.8 Å². The number of rotatable bonds is 1. The van der Waals surface area contributed by atoms with Gasteiger partial charge in [-0.05, 0) is 19.1 Å². The van der Waals surface area contributed by atoms with Crippen molar-refractivity contribution >= 4 is 5.97 Å². The molecule has 0 aliphatic carbocycles. The van der Waals surface area contributed by atoms with Crippen molar-refractivity contribution in [2.45, 2.75) is 13.0 Å². The highest BCUT2D eigenvalue weighted by Gasteiger charge is 2.09. The van der Waals surface area contributed by atoms with Crippen LogP contribution in [0.25, 0.3) is 0 Å². The van der Waals surface area contributed by atoms with E-state index in [1.54, 1.807) is 13.0 Å². The van der Waals surface area contributed by atoms with E-state index >= 15 is 0 Å². The van der Waals surface area contributed by atoms with Crippen LogP contribution in [0, 0.1) is 0 Å². The first-order valence-electron chi connectivity index (χ1n) is 2.97. The molecule has 3 nitrogen and oxygen atoms in total. The van der Waals surface area contributed by atoms with Gasteiger partial charge in [0.2, 0.25) is 0 Å². The molecule has 3 heteroatoms. The van der Waals surface area contributed by atoms with Crippen molar-refractivity contribution in [3.8, 4) is 0 Å². The molecule has 0 radical (unpaired) electrons. The minimum absolute atomic E-state index is 0.129. The lowest BCUT2D eigenvalue weighted by Crippen LogP contribution is -2.09. The second-order valence-electron chi connectivity index (χ2n) is 2.07. The number of carboxylic acids is 1. The van der Waals surface area contributed by atoms with Crippen molar-refractivity contribution < 1.29 is 14.6 Å². The van der Waals surface area contributed by atoms with Crippen LogP contribution in [0.3, 0.4) is 0 Å². The third-order valence-electron chi connectivity index (χ3n) is 1.20. The molecule has 0 aromatic heterocycles. The van der Waals surface area contributed by atoms with Gasteiger partial charge in [-0.3, -0.25) is 0 Å². The number of aliphatic carboxylic acids is 1. The second kappa shape index (κ2) is 2.56. The normalized spacial score (nSPS) is 23.3. The lowest BCUT2D eigenvalue weighted by atomic mass is 10.2. The third-order valence-corrected chi connectivity index (χ3v) is 1.20. The van der Waals surface area contributed by atoms with E-state index in [9.17, 15) is 4.79 Å². The Morgan fingerprint density at radius 1 is 1.80 bits per heavy atom. The zero-order valence-corrected chi connectivity index (χ0v) is 5.57. The first-order chi connectivity index (χ1) is 4.70. The maximum atomic E-state index is 10.3. The highest BCUT2D eigenvalue weighted by atomic mass is 16.5. The van der Waals surface area contributed by atoms with Crippen LogP contribution in [0.1, 0.15) is 6.92 Å². The van der Waals surface area contributed by atoms with E-state index in [0.29, 0.717) is 5.57 Å². The largest absolute Gasteiger partial charge is 0.494 e. The fourth-order valence-electron chi connectivity index (χ4n) is 0.727. The van der Waals surface area contributed by atoms with E-state index in [0.717, 1.165) is 0 Å². The van der Waals surface area contributed by atoms with Gasteiger partial charge in [0.25, 0.3) is 0 Å². The quantitative estimate of drug-likeness (QED) is 0.589. The molecule has 54 valence electrons. The molecule has 1 aliphatic heterocycles. The molecule has 1 aliphatic rings. The van der Waals surface area contributed by atoms with Gasteiger partial charge < -0.3 is 9.84 Å². The second-order valence-corrected chi connectivity index (χ2v) is 2.07. The van der Waals surface area contributed by atoms with Gasteiger partial charge in [-0.15, -0.1) is 0 Å². The van der Waals surface area contributed by atoms with Crippen LogP contribution in [-0.4, -0.2) is 17.2 Å². The molecule has 0 spiro atoms. The summed E-state index contributed by atoms with van der Waals surface area (Å²) in [6, 6.07) is 0. The van der Waals surface area contributed by atoms with E-state index in [-0.39, 0.29) is 6.10 Å². The van der Waals surface area contributed by atoms with Crippen molar-refractivity contribution in [3.63, 3.8) is 0 Å². The maximum Gasteiger partial charge on any atom is 0.335 e. The predicted octanol–water partition coefficient (Wildman–Crippen LogP) is 0.930. The number of hydrogen-bond donors (Lipinski definition) is 1. The van der Waals surface area contributed by atoms with Crippen molar-refractivity contribution in [1.82, 2.24) is 0 Å². The monoisotopic (exact) mass is 140 g/mol. The Morgan fingerprint density at radius 3 is 2.90 bits per heavy atom. The summed E-state index contributed by atoms with van der Waals surface area (Å²) in [5.41, 5.74) is 0.291. The molecule has 1 N–H and O–H groups in total. The summed E-state index contributed by atoms with van der Waals surface area (Å²) in [7, 11) is 0.